The molecule has 0 aliphatic heterocycles. The normalized spacial score (nSPS) is 11.8. The van der Waals surface area contributed by atoms with Crippen LogP contribution < -0.4 is 10.6 Å². The van der Waals surface area contributed by atoms with Gasteiger partial charge in [0.2, 0.25) is 0 Å². The Kier molecular flexibility index (Phi) is 5.87. The topological polar surface area (TPSA) is 92.3 Å². The fourth-order valence-electron chi connectivity index (χ4n) is 3.42. The highest BCUT2D eigenvalue weighted by Crippen LogP contribution is 2.31. The summed E-state index contributed by atoms with van der Waals surface area (Å²) in [6.07, 6.45) is 0. The van der Waals surface area contributed by atoms with E-state index in [1.807, 2.05) is 75.2 Å². The number of hydrogen-bond acceptors (Lipinski definition) is 5. The Morgan fingerprint density at radius 2 is 1.60 bits per heavy atom. The van der Waals surface area contributed by atoms with E-state index in [1.165, 1.54) is 6.07 Å². The molecule has 6 nitrogen and oxygen atoms in total. The van der Waals surface area contributed by atoms with Gasteiger partial charge in [-0.3, -0.25) is 0 Å². The van der Waals surface area contributed by atoms with Crippen molar-refractivity contribution in [2.75, 3.05) is 11.9 Å². The monoisotopic (exact) mass is 402 g/mol. The van der Waals surface area contributed by atoms with Gasteiger partial charge in [-0.25, -0.2) is 14.8 Å². The number of allylic oxidation sites excluding steroid dienone is 1. The quantitative estimate of drug-likeness (QED) is 0.648. The summed E-state index contributed by atoms with van der Waals surface area (Å²) < 4.78 is 0. The number of carbonyl (C=O) groups is 1. The number of anilines is 2. The summed E-state index contributed by atoms with van der Waals surface area (Å²) in [4.78, 5) is 22.7. The van der Waals surface area contributed by atoms with Gasteiger partial charge in [-0.15, -0.1) is 0 Å². The van der Waals surface area contributed by atoms with E-state index in [0.29, 0.717) is 22.9 Å². The van der Waals surface area contributed by atoms with Gasteiger partial charge in [0.1, 0.15) is 5.82 Å². The molecule has 0 fully saturated rings. The zero-order valence-corrected chi connectivity index (χ0v) is 17.9. The molecule has 0 aliphatic rings. The molecule has 3 rings (SSSR count). The number of nitrogens with zero attached hydrogens (tertiary/aromatic N) is 3. The van der Waals surface area contributed by atoms with Gasteiger partial charge in [-0.1, -0.05) is 35.9 Å². The van der Waals surface area contributed by atoms with Crippen LogP contribution in [0.3, 0.4) is 0 Å². The zero-order valence-electron chi connectivity index (χ0n) is 17.9. The minimum Gasteiger partial charge on any atom is -0.477 e. The van der Waals surface area contributed by atoms with Crippen molar-refractivity contribution in [3.05, 3.63) is 88.0 Å². The van der Waals surface area contributed by atoms with E-state index in [9.17, 15) is 9.90 Å². The Bertz CT molecular complexity index is 1110. The highest BCUT2D eigenvalue weighted by molar-refractivity contribution is 5.89. The maximum Gasteiger partial charge on any atom is 0.354 e. The summed E-state index contributed by atoms with van der Waals surface area (Å²) in [6, 6.07) is 15.4. The third-order valence-corrected chi connectivity index (χ3v) is 5.05. The van der Waals surface area contributed by atoms with Crippen molar-refractivity contribution in [3.63, 3.8) is 0 Å². The number of carboxylic acid groups (broad SMARTS) is 1. The average Bonchev–Trinajstić information content (AvgIpc) is 2.70. The Balaban J connectivity index is 2.22. The van der Waals surface area contributed by atoms with Crippen LogP contribution in [0.2, 0.25) is 0 Å². The van der Waals surface area contributed by atoms with Gasteiger partial charge in [0.25, 0.3) is 0 Å². The average molecular weight is 402 g/mol. The van der Waals surface area contributed by atoms with Crippen LogP contribution in [-0.2, 0) is 0 Å². The molecule has 3 aromatic rings. The van der Waals surface area contributed by atoms with Crippen molar-refractivity contribution in [2.24, 2.45) is 5.73 Å². The predicted molar refractivity (Wildman–Crippen MR) is 120 cm³/mol. The largest absolute Gasteiger partial charge is 0.477 e. The number of carboxylic acids is 1. The summed E-state index contributed by atoms with van der Waals surface area (Å²) in [6.45, 7) is 7.78. The van der Waals surface area contributed by atoms with Crippen molar-refractivity contribution in [2.45, 2.75) is 27.7 Å². The van der Waals surface area contributed by atoms with Gasteiger partial charge in [0.05, 0.1) is 0 Å². The first-order valence-electron chi connectivity index (χ1n) is 9.65. The molecule has 1 aromatic heterocycles. The zero-order chi connectivity index (χ0) is 22.0. The van der Waals surface area contributed by atoms with E-state index in [2.05, 4.69) is 4.98 Å². The molecule has 0 aliphatic carbocycles. The van der Waals surface area contributed by atoms with Crippen molar-refractivity contribution in [1.82, 2.24) is 9.97 Å². The highest BCUT2D eigenvalue weighted by atomic mass is 16.4. The standard InChI is InChI=1S/C24H26N4O2/c1-14-9-11-18(12-10-14)28(5)20-13-19(24(29)30)26-23(27-20)22(17(4)25)21-15(2)7-6-8-16(21)3/h6-13H,25H2,1-5H3,(H,29,30). The lowest BCUT2D eigenvalue weighted by atomic mass is 9.94. The number of hydrogen-bond donors (Lipinski definition) is 2. The van der Waals surface area contributed by atoms with Crippen LogP contribution in [0.25, 0.3) is 5.57 Å². The van der Waals surface area contributed by atoms with E-state index in [4.69, 9.17) is 10.7 Å². The van der Waals surface area contributed by atoms with Crippen molar-refractivity contribution >= 4 is 23.0 Å². The third-order valence-electron chi connectivity index (χ3n) is 5.05. The van der Waals surface area contributed by atoms with Crippen LogP contribution >= 0.6 is 0 Å². The molecule has 154 valence electrons. The molecular weight excluding hydrogens is 376 g/mol. The molecule has 6 heteroatoms. The van der Waals surface area contributed by atoms with Crippen LogP contribution in [0, 0.1) is 20.8 Å². The molecule has 1 heterocycles. The van der Waals surface area contributed by atoms with Crippen LogP contribution in [0.5, 0.6) is 0 Å². The number of aryl methyl sites for hydroxylation is 3. The molecular formula is C24H26N4O2. The van der Waals surface area contributed by atoms with E-state index >= 15 is 0 Å². The van der Waals surface area contributed by atoms with Crippen molar-refractivity contribution in [3.8, 4) is 0 Å². The summed E-state index contributed by atoms with van der Waals surface area (Å²) in [5, 5.41) is 9.67. The van der Waals surface area contributed by atoms with Crippen LogP contribution in [-0.4, -0.2) is 28.1 Å². The maximum absolute atomic E-state index is 11.8. The van der Waals surface area contributed by atoms with Crippen LogP contribution in [0.15, 0.2) is 54.2 Å². The Hall–Kier alpha value is -3.67. The second-order valence-electron chi connectivity index (χ2n) is 7.46. The highest BCUT2D eigenvalue weighted by Gasteiger charge is 2.20. The van der Waals surface area contributed by atoms with Gasteiger partial charge < -0.3 is 15.7 Å². The summed E-state index contributed by atoms with van der Waals surface area (Å²) in [7, 11) is 1.85. The SMILES string of the molecule is CC(N)=C(c1nc(C(=O)O)cc(N(C)c2ccc(C)cc2)n1)c1c(C)cccc1C. The molecule has 0 amide bonds. The van der Waals surface area contributed by atoms with Crippen molar-refractivity contribution in [1.29, 1.82) is 0 Å². The number of rotatable bonds is 5. The second-order valence-corrected chi connectivity index (χ2v) is 7.46. The van der Waals surface area contributed by atoms with Gasteiger partial charge >= 0.3 is 5.97 Å². The summed E-state index contributed by atoms with van der Waals surface area (Å²) in [5.41, 5.74) is 12.3. The first-order chi connectivity index (χ1) is 14.2. The van der Waals surface area contributed by atoms with E-state index in [0.717, 1.165) is 27.9 Å². The number of aromatic carboxylic acids is 1. The first-order valence-corrected chi connectivity index (χ1v) is 9.65. The molecule has 0 atom stereocenters. The van der Waals surface area contributed by atoms with Crippen LogP contribution in [0.4, 0.5) is 11.5 Å². The molecule has 0 spiro atoms. The number of aromatic nitrogens is 2. The van der Waals surface area contributed by atoms with E-state index in [-0.39, 0.29) is 5.69 Å². The molecule has 0 saturated heterocycles. The van der Waals surface area contributed by atoms with E-state index in [1.54, 1.807) is 6.92 Å². The molecule has 30 heavy (non-hydrogen) atoms. The Labute approximate surface area is 176 Å². The lowest BCUT2D eigenvalue weighted by Gasteiger charge is -2.21. The van der Waals surface area contributed by atoms with Crippen LogP contribution in [0.1, 0.15) is 45.5 Å². The number of benzene rings is 2. The van der Waals surface area contributed by atoms with Crippen molar-refractivity contribution < 1.29 is 9.90 Å². The fourth-order valence-corrected chi connectivity index (χ4v) is 3.42. The first kappa shape index (κ1) is 21.0. The molecule has 3 N–H and O–H groups in total. The lowest BCUT2D eigenvalue weighted by Crippen LogP contribution is -2.16. The maximum atomic E-state index is 11.8. The molecule has 0 radical (unpaired) electrons. The number of nitrogens with two attached hydrogens (primary N) is 1. The second kappa shape index (κ2) is 8.37. The third kappa shape index (κ3) is 4.17. The molecule has 0 unspecified atom stereocenters. The lowest BCUT2D eigenvalue weighted by molar-refractivity contribution is 0.0690. The van der Waals surface area contributed by atoms with E-state index < -0.39 is 5.97 Å². The smallest absolute Gasteiger partial charge is 0.354 e. The van der Waals surface area contributed by atoms with Gasteiger partial charge in [0, 0.05) is 30.1 Å². The van der Waals surface area contributed by atoms with Gasteiger partial charge in [-0.2, -0.15) is 0 Å². The molecule has 0 saturated carbocycles. The summed E-state index contributed by atoms with van der Waals surface area (Å²) in [5.74, 6) is -0.347. The minimum absolute atomic E-state index is 0.0843. The Morgan fingerprint density at radius 3 is 2.13 bits per heavy atom. The molecule has 0 bridgehead atoms. The fraction of sp³-hybridized carbons (Fsp3) is 0.208. The van der Waals surface area contributed by atoms with Gasteiger partial charge in [0.15, 0.2) is 11.5 Å². The van der Waals surface area contributed by atoms with Gasteiger partial charge in [-0.05, 0) is 56.5 Å². The minimum atomic E-state index is -1.12. The molecule has 2 aromatic carbocycles. The Morgan fingerprint density at radius 1 is 1.00 bits per heavy atom. The summed E-state index contributed by atoms with van der Waals surface area (Å²) >= 11 is 0. The predicted octanol–water partition coefficient (Wildman–Crippen LogP) is 4.61.